The highest BCUT2D eigenvalue weighted by Crippen LogP contribution is 2.29. The van der Waals surface area contributed by atoms with E-state index in [1.165, 1.54) is 0 Å². The van der Waals surface area contributed by atoms with E-state index in [0.717, 1.165) is 32.2 Å². The number of nitrogens with one attached hydrogen (secondary N) is 2. The van der Waals surface area contributed by atoms with Crippen LogP contribution < -0.4 is 10.6 Å². The zero-order valence-corrected chi connectivity index (χ0v) is 10.4. The summed E-state index contributed by atoms with van der Waals surface area (Å²) in [5, 5.41) is 15.6. The van der Waals surface area contributed by atoms with Crippen molar-refractivity contribution in [1.82, 2.24) is 10.6 Å². The number of hydrogen-bond acceptors (Lipinski definition) is 4. The average Bonchev–Trinajstić information content (AvgIpc) is 2.97. The van der Waals surface area contributed by atoms with Crippen molar-refractivity contribution in [2.24, 2.45) is 0 Å². The molecule has 3 N–H and O–H groups in total. The number of aliphatic hydroxyl groups is 1. The highest BCUT2D eigenvalue weighted by atomic mass is 16.5. The van der Waals surface area contributed by atoms with Gasteiger partial charge in [-0.3, -0.25) is 4.79 Å². The van der Waals surface area contributed by atoms with Gasteiger partial charge in [0.05, 0.1) is 24.3 Å². The zero-order valence-electron chi connectivity index (χ0n) is 10.4. The summed E-state index contributed by atoms with van der Waals surface area (Å²) in [6.07, 6.45) is 4.77. The smallest absolute Gasteiger partial charge is 0.237 e. The van der Waals surface area contributed by atoms with Gasteiger partial charge in [0.25, 0.3) is 0 Å². The van der Waals surface area contributed by atoms with Crippen molar-refractivity contribution in [2.45, 2.75) is 49.8 Å². The van der Waals surface area contributed by atoms with Gasteiger partial charge in [-0.25, -0.2) is 0 Å². The second-order valence-electron chi connectivity index (χ2n) is 5.19. The lowest BCUT2D eigenvalue weighted by atomic mass is 9.98. The van der Waals surface area contributed by atoms with Crippen molar-refractivity contribution >= 4 is 5.91 Å². The number of amides is 1. The second-order valence-corrected chi connectivity index (χ2v) is 5.19. The molecule has 2 atom stereocenters. The molecule has 17 heavy (non-hydrogen) atoms. The van der Waals surface area contributed by atoms with E-state index in [1.807, 2.05) is 0 Å². The van der Waals surface area contributed by atoms with Crippen LogP contribution in [0.15, 0.2) is 0 Å². The molecule has 0 radical (unpaired) electrons. The molecule has 1 amide bonds. The Hall–Kier alpha value is -0.650. The van der Waals surface area contributed by atoms with E-state index < -0.39 is 0 Å². The maximum atomic E-state index is 12.1. The van der Waals surface area contributed by atoms with E-state index in [0.29, 0.717) is 6.42 Å². The predicted molar refractivity (Wildman–Crippen MR) is 63.6 cm³/mol. The molecule has 1 aliphatic carbocycles. The summed E-state index contributed by atoms with van der Waals surface area (Å²) in [6.45, 7) is 0.764. The zero-order chi connectivity index (χ0) is 12.3. The summed E-state index contributed by atoms with van der Waals surface area (Å²) in [7, 11) is 1.67. The fourth-order valence-electron chi connectivity index (χ4n) is 2.81. The van der Waals surface area contributed by atoms with Crippen molar-refractivity contribution in [1.29, 1.82) is 0 Å². The van der Waals surface area contributed by atoms with Crippen LogP contribution in [0, 0.1) is 0 Å². The molecule has 5 nitrogen and oxygen atoms in total. The molecule has 0 aromatic carbocycles. The van der Waals surface area contributed by atoms with Crippen LogP contribution in [0.25, 0.3) is 0 Å². The summed E-state index contributed by atoms with van der Waals surface area (Å²) >= 11 is 0. The Bertz CT molecular complexity index is 277. The third-order valence-corrected chi connectivity index (χ3v) is 3.99. The van der Waals surface area contributed by atoms with E-state index in [9.17, 15) is 9.90 Å². The maximum absolute atomic E-state index is 12.1. The van der Waals surface area contributed by atoms with E-state index in [4.69, 9.17) is 4.74 Å². The Morgan fingerprint density at radius 3 is 2.76 bits per heavy atom. The van der Waals surface area contributed by atoms with Crippen molar-refractivity contribution in [3.63, 3.8) is 0 Å². The van der Waals surface area contributed by atoms with Crippen LogP contribution in [0.4, 0.5) is 0 Å². The molecule has 0 aromatic rings. The Balaban J connectivity index is 1.88. The molecule has 1 saturated heterocycles. The molecule has 1 aliphatic heterocycles. The van der Waals surface area contributed by atoms with Crippen LogP contribution in [0.1, 0.15) is 32.1 Å². The first-order chi connectivity index (χ1) is 8.19. The number of carbonyl (C=O) groups excluding carboxylic acids is 1. The summed E-state index contributed by atoms with van der Waals surface area (Å²) in [6, 6.07) is -0.177. The van der Waals surface area contributed by atoms with Gasteiger partial charge in [0, 0.05) is 13.7 Å². The Morgan fingerprint density at radius 1 is 1.53 bits per heavy atom. The minimum Gasteiger partial charge on any atom is -0.394 e. The number of aliphatic hydroxyl groups excluding tert-OH is 1. The first kappa shape index (κ1) is 12.8. The van der Waals surface area contributed by atoms with Gasteiger partial charge in [-0.1, -0.05) is 12.8 Å². The predicted octanol–water partition coefficient (Wildman–Crippen LogP) is -0.215. The standard InChI is InChI=1S/C12H22N2O3/c1-17-9-6-10(13-7-9)11(16)14-12(8-15)4-2-3-5-12/h9-10,13,15H,2-8H2,1H3,(H,14,16). The summed E-state index contributed by atoms with van der Waals surface area (Å²) in [5.74, 6) is 0.000463. The van der Waals surface area contributed by atoms with Crippen molar-refractivity contribution in [2.75, 3.05) is 20.3 Å². The highest BCUT2D eigenvalue weighted by Gasteiger charge is 2.38. The van der Waals surface area contributed by atoms with Gasteiger partial charge < -0.3 is 20.5 Å². The van der Waals surface area contributed by atoms with Crippen molar-refractivity contribution in [3.8, 4) is 0 Å². The molecule has 1 saturated carbocycles. The molecule has 2 aliphatic rings. The summed E-state index contributed by atoms with van der Waals surface area (Å²) < 4.78 is 5.22. The first-order valence-corrected chi connectivity index (χ1v) is 6.38. The summed E-state index contributed by atoms with van der Waals surface area (Å²) in [4.78, 5) is 12.1. The van der Waals surface area contributed by atoms with Crippen molar-refractivity contribution < 1.29 is 14.6 Å². The lowest BCUT2D eigenvalue weighted by molar-refractivity contribution is -0.125. The molecule has 2 unspecified atom stereocenters. The van der Waals surface area contributed by atoms with Crippen molar-refractivity contribution in [3.05, 3.63) is 0 Å². The number of hydrogen-bond donors (Lipinski definition) is 3. The number of rotatable bonds is 4. The number of ether oxygens (including phenoxy) is 1. The molecule has 1 heterocycles. The second kappa shape index (κ2) is 5.33. The lowest BCUT2D eigenvalue weighted by Crippen LogP contribution is -2.54. The van der Waals surface area contributed by atoms with Gasteiger partial charge in [0.1, 0.15) is 0 Å². The average molecular weight is 242 g/mol. The molecule has 2 fully saturated rings. The molecule has 0 aromatic heterocycles. The van der Waals surface area contributed by atoms with Crippen LogP contribution in [0.2, 0.25) is 0 Å². The molecule has 0 bridgehead atoms. The fourth-order valence-corrected chi connectivity index (χ4v) is 2.81. The quantitative estimate of drug-likeness (QED) is 0.637. The van der Waals surface area contributed by atoms with Crippen LogP contribution >= 0.6 is 0 Å². The van der Waals surface area contributed by atoms with Gasteiger partial charge >= 0.3 is 0 Å². The molecule has 0 spiro atoms. The van der Waals surface area contributed by atoms with Crippen LogP contribution in [-0.4, -0.2) is 49.0 Å². The van der Waals surface area contributed by atoms with E-state index in [2.05, 4.69) is 10.6 Å². The Morgan fingerprint density at radius 2 is 2.24 bits per heavy atom. The third-order valence-electron chi connectivity index (χ3n) is 3.99. The minimum absolute atomic E-state index is 0.000463. The van der Waals surface area contributed by atoms with Gasteiger partial charge in [0.15, 0.2) is 0 Å². The van der Waals surface area contributed by atoms with Gasteiger partial charge in [-0.15, -0.1) is 0 Å². The summed E-state index contributed by atoms with van der Waals surface area (Å²) in [5.41, 5.74) is -0.371. The van der Waals surface area contributed by atoms with Gasteiger partial charge in [-0.05, 0) is 19.3 Å². The fraction of sp³-hybridized carbons (Fsp3) is 0.917. The molecule has 2 rings (SSSR count). The molecule has 98 valence electrons. The Labute approximate surface area is 102 Å². The minimum atomic E-state index is -0.371. The van der Waals surface area contributed by atoms with Crippen LogP contribution in [-0.2, 0) is 9.53 Å². The van der Waals surface area contributed by atoms with Crippen LogP contribution in [0.5, 0.6) is 0 Å². The number of carbonyl (C=O) groups is 1. The number of methoxy groups -OCH3 is 1. The monoisotopic (exact) mass is 242 g/mol. The van der Waals surface area contributed by atoms with Gasteiger partial charge in [0.2, 0.25) is 5.91 Å². The molecular formula is C12H22N2O3. The first-order valence-electron chi connectivity index (χ1n) is 6.38. The van der Waals surface area contributed by atoms with Gasteiger partial charge in [-0.2, -0.15) is 0 Å². The third kappa shape index (κ3) is 2.78. The van der Waals surface area contributed by atoms with E-state index in [-0.39, 0.29) is 30.2 Å². The maximum Gasteiger partial charge on any atom is 0.237 e. The Kier molecular flexibility index (Phi) is 4.01. The van der Waals surface area contributed by atoms with E-state index >= 15 is 0 Å². The molecular weight excluding hydrogens is 220 g/mol. The normalized spacial score (nSPS) is 31.6. The van der Waals surface area contributed by atoms with Crippen LogP contribution in [0.3, 0.4) is 0 Å². The highest BCUT2D eigenvalue weighted by molar-refractivity contribution is 5.83. The molecule has 5 heteroatoms. The van der Waals surface area contributed by atoms with E-state index in [1.54, 1.807) is 7.11 Å². The largest absolute Gasteiger partial charge is 0.394 e. The lowest BCUT2D eigenvalue weighted by Gasteiger charge is -2.29. The topological polar surface area (TPSA) is 70.6 Å². The SMILES string of the molecule is COC1CNC(C(=O)NC2(CO)CCCC2)C1.